The Bertz CT molecular complexity index is 225. The third-order valence-electron chi connectivity index (χ3n) is 1.59. The summed E-state index contributed by atoms with van der Waals surface area (Å²) in [6, 6.07) is 0. The van der Waals surface area contributed by atoms with Gasteiger partial charge in [0, 0.05) is 0 Å². The van der Waals surface area contributed by atoms with Crippen LogP contribution in [0, 0.1) is 0 Å². The van der Waals surface area contributed by atoms with Crippen LogP contribution in [0.1, 0.15) is 48.0 Å². The molecule has 4 nitrogen and oxygen atoms in total. The number of carbonyl (C=O) groups is 1. The van der Waals surface area contributed by atoms with Gasteiger partial charge in [0.15, 0.2) is 6.10 Å². The van der Waals surface area contributed by atoms with Gasteiger partial charge in [0.2, 0.25) is 0 Å². The van der Waals surface area contributed by atoms with Gasteiger partial charge in [0.1, 0.15) is 5.60 Å². The lowest BCUT2D eigenvalue weighted by Gasteiger charge is -2.29. The van der Waals surface area contributed by atoms with Crippen molar-refractivity contribution < 1.29 is 14.3 Å². The van der Waals surface area contributed by atoms with Gasteiger partial charge >= 0.3 is 5.97 Å². The highest BCUT2D eigenvalue weighted by molar-refractivity contribution is 5.75. The van der Waals surface area contributed by atoms with Crippen molar-refractivity contribution in [1.82, 2.24) is 0 Å². The van der Waals surface area contributed by atoms with Gasteiger partial charge in [-0.3, -0.25) is 0 Å². The molecule has 0 bridgehead atoms. The molecule has 0 aliphatic carbocycles. The Labute approximate surface area is 98.5 Å². The third kappa shape index (κ3) is 7.65. The van der Waals surface area contributed by atoms with Gasteiger partial charge in [-0.25, -0.2) is 4.79 Å². The lowest BCUT2D eigenvalue weighted by molar-refractivity contribution is -0.177. The largest absolute Gasteiger partial charge is 0.458 e. The highest BCUT2D eigenvalue weighted by Crippen LogP contribution is 2.17. The minimum absolute atomic E-state index is 0.340. The Kier molecular flexibility index (Phi) is 5.42. The minimum Gasteiger partial charge on any atom is -0.458 e. The zero-order valence-corrected chi connectivity index (χ0v) is 11.3. The molecule has 0 amide bonds. The van der Waals surface area contributed by atoms with Crippen molar-refractivity contribution in [3.63, 3.8) is 0 Å². The molecule has 0 spiro atoms. The summed E-state index contributed by atoms with van der Waals surface area (Å²) in [7, 11) is 0. The Balaban J connectivity index is 4.47. The molecule has 0 aromatic rings. The molecule has 16 heavy (non-hydrogen) atoms. The average Bonchev–Trinajstić information content (AvgIpc) is 1.97. The fourth-order valence-electron chi connectivity index (χ4n) is 1.17. The summed E-state index contributed by atoms with van der Waals surface area (Å²) < 4.78 is 10.9. The van der Waals surface area contributed by atoms with Gasteiger partial charge in [-0.15, -0.1) is 0 Å². The highest BCUT2D eigenvalue weighted by atomic mass is 16.6. The first-order valence-corrected chi connectivity index (χ1v) is 5.66. The fraction of sp³-hybridized carbons (Fsp3) is 0.917. The summed E-state index contributed by atoms with van der Waals surface area (Å²) in [6.45, 7) is 11.6. The Morgan fingerprint density at radius 2 is 1.62 bits per heavy atom. The van der Waals surface area contributed by atoms with Crippen LogP contribution in [0.4, 0.5) is 0 Å². The van der Waals surface area contributed by atoms with E-state index < -0.39 is 11.7 Å². The van der Waals surface area contributed by atoms with E-state index in [1.54, 1.807) is 0 Å². The molecular weight excluding hydrogens is 206 g/mol. The van der Waals surface area contributed by atoms with Crippen LogP contribution in [0.25, 0.3) is 0 Å². The van der Waals surface area contributed by atoms with Crippen LogP contribution >= 0.6 is 0 Å². The third-order valence-corrected chi connectivity index (χ3v) is 1.59. The molecule has 0 unspecified atom stereocenters. The summed E-state index contributed by atoms with van der Waals surface area (Å²) >= 11 is 0. The van der Waals surface area contributed by atoms with Crippen LogP contribution in [-0.2, 0) is 14.3 Å². The van der Waals surface area contributed by atoms with Crippen LogP contribution in [0.15, 0.2) is 0 Å². The molecule has 4 heteroatoms. The maximum Gasteiger partial charge on any atom is 0.335 e. The second-order valence-electron chi connectivity index (χ2n) is 5.83. The van der Waals surface area contributed by atoms with E-state index >= 15 is 0 Å². The van der Waals surface area contributed by atoms with E-state index in [4.69, 9.17) is 15.2 Å². The normalized spacial score (nSPS) is 14.7. The average molecular weight is 231 g/mol. The molecular formula is C12H25NO3. The summed E-state index contributed by atoms with van der Waals surface area (Å²) in [6.07, 6.45) is -0.101. The monoisotopic (exact) mass is 231 g/mol. The number of hydrogen-bond donors (Lipinski definition) is 1. The number of esters is 1. The van der Waals surface area contributed by atoms with E-state index in [9.17, 15) is 4.79 Å². The number of carbonyl (C=O) groups excluding carboxylic acids is 1. The summed E-state index contributed by atoms with van der Waals surface area (Å²) in [5, 5.41) is 0. The number of ether oxygens (including phenoxy) is 2. The molecule has 0 aliphatic rings. The van der Waals surface area contributed by atoms with Crippen molar-refractivity contribution in [2.45, 2.75) is 65.3 Å². The molecule has 96 valence electrons. The molecule has 0 radical (unpaired) electrons. The molecule has 0 heterocycles. The predicted molar refractivity (Wildman–Crippen MR) is 64.1 cm³/mol. The number of hydrogen-bond acceptors (Lipinski definition) is 4. The maximum absolute atomic E-state index is 11.8. The van der Waals surface area contributed by atoms with Crippen molar-refractivity contribution in [3.05, 3.63) is 0 Å². The van der Waals surface area contributed by atoms with Gasteiger partial charge in [-0.2, -0.15) is 0 Å². The minimum atomic E-state index is -0.579. The summed E-state index contributed by atoms with van der Waals surface area (Å²) in [4.78, 5) is 11.8. The smallest absolute Gasteiger partial charge is 0.335 e. The van der Waals surface area contributed by atoms with Crippen molar-refractivity contribution >= 4 is 5.97 Å². The van der Waals surface area contributed by atoms with E-state index in [0.717, 1.165) is 0 Å². The van der Waals surface area contributed by atoms with E-state index in [0.29, 0.717) is 13.0 Å². The first kappa shape index (κ1) is 15.4. The first-order chi connectivity index (χ1) is 7.05. The van der Waals surface area contributed by atoms with Crippen molar-refractivity contribution in [3.8, 4) is 0 Å². The molecule has 0 rings (SSSR count). The van der Waals surface area contributed by atoms with Crippen molar-refractivity contribution in [2.24, 2.45) is 5.73 Å². The van der Waals surface area contributed by atoms with E-state index in [1.807, 2.05) is 41.5 Å². The quantitative estimate of drug-likeness (QED) is 0.750. The summed E-state index contributed by atoms with van der Waals surface area (Å²) in [5.74, 6) is -0.340. The van der Waals surface area contributed by atoms with E-state index in [1.165, 1.54) is 0 Å². The number of rotatable bonds is 4. The van der Waals surface area contributed by atoms with Crippen molar-refractivity contribution in [1.29, 1.82) is 0 Å². The van der Waals surface area contributed by atoms with Crippen LogP contribution < -0.4 is 5.73 Å². The Hall–Kier alpha value is -0.610. The van der Waals surface area contributed by atoms with E-state index in [2.05, 4.69) is 0 Å². The van der Waals surface area contributed by atoms with Gasteiger partial charge < -0.3 is 15.2 Å². The topological polar surface area (TPSA) is 61.5 Å². The van der Waals surface area contributed by atoms with Crippen LogP contribution in [-0.4, -0.2) is 29.8 Å². The first-order valence-electron chi connectivity index (χ1n) is 5.66. The molecule has 2 N–H and O–H groups in total. The fourth-order valence-corrected chi connectivity index (χ4v) is 1.17. The Morgan fingerprint density at radius 3 is 1.94 bits per heavy atom. The molecule has 0 aliphatic heterocycles. The molecule has 1 atom stereocenters. The second kappa shape index (κ2) is 5.64. The number of nitrogens with two attached hydrogens (primary N) is 1. The standard InChI is InChI=1S/C12H25NO3/c1-11(2,3)15-9(7-8-13)10(14)16-12(4,5)6/h9H,7-8,13H2,1-6H3/t9-/m0/s1. The van der Waals surface area contributed by atoms with Gasteiger partial charge in [-0.05, 0) is 54.5 Å². The van der Waals surface area contributed by atoms with Gasteiger partial charge in [-0.1, -0.05) is 0 Å². The maximum atomic E-state index is 11.8. The molecule has 0 saturated heterocycles. The second-order valence-corrected chi connectivity index (χ2v) is 5.83. The van der Waals surface area contributed by atoms with Gasteiger partial charge in [0.25, 0.3) is 0 Å². The zero-order chi connectivity index (χ0) is 13.0. The van der Waals surface area contributed by atoms with Crippen molar-refractivity contribution in [2.75, 3.05) is 6.54 Å². The summed E-state index contributed by atoms with van der Waals surface area (Å²) in [5.41, 5.74) is 4.59. The lowest BCUT2D eigenvalue weighted by Crippen LogP contribution is -2.39. The zero-order valence-electron chi connectivity index (χ0n) is 11.3. The molecule has 0 saturated carbocycles. The van der Waals surface area contributed by atoms with Gasteiger partial charge in [0.05, 0.1) is 5.60 Å². The lowest BCUT2D eigenvalue weighted by atomic mass is 10.1. The Morgan fingerprint density at radius 1 is 1.12 bits per heavy atom. The highest BCUT2D eigenvalue weighted by Gasteiger charge is 2.28. The van der Waals surface area contributed by atoms with Crippen LogP contribution in [0.3, 0.4) is 0 Å². The molecule has 0 fully saturated rings. The van der Waals surface area contributed by atoms with Crippen LogP contribution in [0.5, 0.6) is 0 Å². The predicted octanol–water partition coefficient (Wildman–Crippen LogP) is 1.86. The van der Waals surface area contributed by atoms with E-state index in [-0.39, 0.29) is 11.6 Å². The molecule has 0 aromatic heterocycles. The SMILES string of the molecule is CC(C)(C)OC(=O)[C@H](CCN)OC(C)(C)C. The van der Waals surface area contributed by atoms with Crippen LogP contribution in [0.2, 0.25) is 0 Å². The molecule has 0 aromatic carbocycles.